The molecule has 3 radical (unpaired) electrons. The predicted molar refractivity (Wildman–Crippen MR) is 179 cm³/mol. The molecule has 1 saturated heterocycles. The maximum Gasteiger partial charge on any atom is 0.324 e. The monoisotopic (exact) mass is 636 g/mol. The largest absolute Gasteiger partial charge is 0.464 e. The van der Waals surface area contributed by atoms with E-state index in [1.54, 1.807) is 12.1 Å². The summed E-state index contributed by atoms with van der Waals surface area (Å²) in [6.07, 6.45) is 4.00. The number of esters is 1. The molecule has 6 bridgehead atoms. The quantitative estimate of drug-likeness (QED) is 0.230. The fourth-order valence-corrected chi connectivity index (χ4v) is 7.07. The van der Waals surface area contributed by atoms with Crippen LogP contribution in [0.1, 0.15) is 63.6 Å². The van der Waals surface area contributed by atoms with E-state index in [2.05, 4.69) is 65.3 Å². The number of hydrogen-bond donors (Lipinski definition) is 1. The van der Waals surface area contributed by atoms with Gasteiger partial charge < -0.3 is 14.0 Å². The average Bonchev–Trinajstić information content (AvgIpc) is 3.37. The lowest BCUT2D eigenvalue weighted by Crippen LogP contribution is -2.56. The predicted octanol–water partition coefficient (Wildman–Crippen LogP) is 5.61. The Labute approximate surface area is 274 Å². The standard InChI is InChI=1S/C36H42N5O4Si/c1-6-40-30-15-14-23-18-26(30)27(33(40)25-11-8-16-37-32(25)22(2)44-5)20-36(3,4)21-45-35(43)29-13-9-17-41(39-29)34(42)31(46)19-24-10-7-12-28(23)38-24/h7-8,10-12,14-16,18,22,29,31,39H,6,9,13,17,19-21H2,1-5H3/t22-,29-,31?/m0/s1. The van der Waals surface area contributed by atoms with Crippen LogP contribution in [0.5, 0.6) is 0 Å². The number of benzene rings is 1. The fourth-order valence-electron chi connectivity index (χ4n) is 6.70. The molecule has 1 aromatic carbocycles. The Bertz CT molecular complexity index is 1770. The number of nitrogens with one attached hydrogen (secondary N) is 1. The van der Waals surface area contributed by atoms with Crippen LogP contribution in [0.4, 0.5) is 0 Å². The summed E-state index contributed by atoms with van der Waals surface area (Å²) in [7, 11) is 5.38. The Morgan fingerprint density at radius 1 is 1.17 bits per heavy atom. The molecule has 6 rings (SSSR count). The molecule has 0 spiro atoms. The highest BCUT2D eigenvalue weighted by Gasteiger charge is 2.34. The second-order valence-corrected chi connectivity index (χ2v) is 13.8. The summed E-state index contributed by atoms with van der Waals surface area (Å²) in [5.41, 5.74) is 10.2. The Kier molecular flexibility index (Phi) is 9.14. The van der Waals surface area contributed by atoms with E-state index in [0.29, 0.717) is 32.2 Å². The molecular weight excluding hydrogens is 595 g/mol. The van der Waals surface area contributed by atoms with Crippen molar-refractivity contribution in [1.82, 2.24) is 25.0 Å². The summed E-state index contributed by atoms with van der Waals surface area (Å²) in [6.45, 7) is 9.96. The molecule has 2 aliphatic rings. The summed E-state index contributed by atoms with van der Waals surface area (Å²) in [5.74, 6) is -0.464. The lowest BCUT2D eigenvalue weighted by molar-refractivity contribution is -0.154. The molecule has 9 nitrogen and oxygen atoms in total. The van der Waals surface area contributed by atoms with Crippen molar-refractivity contribution in [2.75, 3.05) is 20.3 Å². The van der Waals surface area contributed by atoms with Crippen molar-refractivity contribution in [3.05, 3.63) is 71.7 Å². The molecule has 1 amide bonds. The number of nitrogens with zero attached hydrogens (tertiary/aromatic N) is 4. The van der Waals surface area contributed by atoms with Gasteiger partial charge in [0.15, 0.2) is 0 Å². The van der Waals surface area contributed by atoms with E-state index in [4.69, 9.17) is 19.4 Å². The van der Waals surface area contributed by atoms with Crippen LogP contribution in [0.3, 0.4) is 0 Å². The number of aryl methyl sites for hydroxylation is 1. The minimum absolute atomic E-state index is 0.125. The van der Waals surface area contributed by atoms with Gasteiger partial charge >= 0.3 is 5.97 Å². The molecule has 0 aliphatic carbocycles. The average molecular weight is 637 g/mol. The second-order valence-electron chi connectivity index (χ2n) is 13.2. The minimum atomic E-state index is -0.582. The van der Waals surface area contributed by atoms with Crippen LogP contribution in [-0.2, 0) is 38.4 Å². The maximum atomic E-state index is 13.4. The highest BCUT2D eigenvalue weighted by atomic mass is 28.1. The smallest absolute Gasteiger partial charge is 0.324 e. The Morgan fingerprint density at radius 2 is 2.00 bits per heavy atom. The SMILES string of the molecule is CCn1c(-c2cccnc2[C@H](C)OC)c2c3cc(ccc31)-c1cccc(n1)CC([Si])C(=O)N1CCC[C@H](N1)C(=O)OCC(C)(C)C2. The second kappa shape index (κ2) is 13.1. The first-order valence-electron chi connectivity index (χ1n) is 16.1. The van der Waals surface area contributed by atoms with Crippen molar-refractivity contribution in [3.8, 4) is 22.5 Å². The van der Waals surface area contributed by atoms with Crippen LogP contribution in [0, 0.1) is 5.41 Å². The number of rotatable bonds is 4. The number of cyclic esters (lactones) is 1. The number of hydrogen-bond acceptors (Lipinski definition) is 7. The summed E-state index contributed by atoms with van der Waals surface area (Å²) in [6, 6.07) is 16.0. The Balaban J connectivity index is 1.55. The third-order valence-electron chi connectivity index (χ3n) is 9.13. The fraction of sp³-hybridized carbons (Fsp3) is 0.444. The third kappa shape index (κ3) is 6.26. The molecule has 5 heterocycles. The van der Waals surface area contributed by atoms with Crippen LogP contribution in [0.25, 0.3) is 33.4 Å². The zero-order chi connectivity index (χ0) is 32.6. The van der Waals surface area contributed by atoms with E-state index in [1.165, 1.54) is 5.56 Å². The van der Waals surface area contributed by atoms with Crippen molar-refractivity contribution in [1.29, 1.82) is 0 Å². The molecule has 1 fully saturated rings. The van der Waals surface area contributed by atoms with Gasteiger partial charge in [-0.05, 0) is 81.5 Å². The third-order valence-corrected chi connectivity index (χ3v) is 9.58. The molecular formula is C36H42N5O4Si. The van der Waals surface area contributed by atoms with Crippen LogP contribution in [0.15, 0.2) is 54.7 Å². The van der Waals surface area contributed by atoms with Gasteiger partial charge in [0.05, 0.1) is 29.8 Å². The van der Waals surface area contributed by atoms with Gasteiger partial charge in [-0.15, -0.1) is 0 Å². The lowest BCUT2D eigenvalue weighted by Gasteiger charge is -2.35. The topological polar surface area (TPSA) is 98.6 Å². The van der Waals surface area contributed by atoms with E-state index < -0.39 is 17.0 Å². The van der Waals surface area contributed by atoms with Gasteiger partial charge in [0, 0.05) is 75.3 Å². The summed E-state index contributed by atoms with van der Waals surface area (Å²) in [4.78, 5) is 36.5. The molecule has 2 aliphatic heterocycles. The molecule has 3 aromatic heterocycles. The van der Waals surface area contributed by atoms with Gasteiger partial charge in [0.2, 0.25) is 5.91 Å². The van der Waals surface area contributed by atoms with Crippen molar-refractivity contribution in [3.63, 3.8) is 0 Å². The highest BCUT2D eigenvalue weighted by Crippen LogP contribution is 2.41. The number of carbonyl (C=O) groups is 2. The summed E-state index contributed by atoms with van der Waals surface area (Å²) in [5, 5.41) is 2.68. The highest BCUT2D eigenvalue weighted by molar-refractivity contribution is 6.23. The number of pyridine rings is 2. The van der Waals surface area contributed by atoms with Gasteiger partial charge in [-0.2, -0.15) is 0 Å². The van der Waals surface area contributed by atoms with Crippen molar-refractivity contribution >= 4 is 33.0 Å². The van der Waals surface area contributed by atoms with E-state index >= 15 is 0 Å². The zero-order valence-corrected chi connectivity index (χ0v) is 28.3. The molecule has 3 atom stereocenters. The van der Waals surface area contributed by atoms with Crippen molar-refractivity contribution < 1.29 is 19.1 Å². The van der Waals surface area contributed by atoms with Crippen LogP contribution in [-0.4, -0.2) is 68.0 Å². The number of ether oxygens (including phenoxy) is 2. The number of fused-ring (bicyclic) bond motifs is 6. The Hall–Kier alpha value is -3.86. The number of methoxy groups -OCH3 is 1. The summed E-state index contributed by atoms with van der Waals surface area (Å²) >= 11 is 0. The first-order valence-corrected chi connectivity index (χ1v) is 16.7. The van der Waals surface area contributed by atoms with Crippen LogP contribution in [0.2, 0.25) is 5.54 Å². The first kappa shape index (κ1) is 32.1. The van der Waals surface area contributed by atoms with Gasteiger partial charge in [-0.1, -0.05) is 26.0 Å². The number of amides is 1. The molecule has 1 N–H and O–H groups in total. The van der Waals surface area contributed by atoms with E-state index in [0.717, 1.165) is 51.4 Å². The molecule has 239 valence electrons. The number of hydrazine groups is 1. The van der Waals surface area contributed by atoms with Gasteiger partial charge in [-0.3, -0.25) is 24.6 Å². The number of aromatic nitrogens is 3. The van der Waals surface area contributed by atoms with Gasteiger partial charge in [0.1, 0.15) is 6.04 Å². The molecule has 1 unspecified atom stereocenters. The van der Waals surface area contributed by atoms with Crippen LogP contribution >= 0.6 is 0 Å². The maximum absolute atomic E-state index is 13.4. The van der Waals surface area contributed by atoms with Crippen LogP contribution < -0.4 is 5.43 Å². The molecule has 10 heteroatoms. The van der Waals surface area contributed by atoms with E-state index in [-0.39, 0.29) is 24.6 Å². The molecule has 46 heavy (non-hydrogen) atoms. The van der Waals surface area contributed by atoms with Crippen molar-refractivity contribution in [2.45, 2.75) is 77.6 Å². The lowest BCUT2D eigenvalue weighted by atomic mass is 9.84. The van der Waals surface area contributed by atoms with Gasteiger partial charge in [-0.25, -0.2) is 5.43 Å². The summed E-state index contributed by atoms with van der Waals surface area (Å²) < 4.78 is 14.1. The minimum Gasteiger partial charge on any atom is -0.464 e. The molecule has 4 aromatic rings. The van der Waals surface area contributed by atoms with Crippen molar-refractivity contribution in [2.24, 2.45) is 5.41 Å². The normalized spacial score (nSPS) is 21.1. The van der Waals surface area contributed by atoms with Gasteiger partial charge in [0.25, 0.3) is 0 Å². The Morgan fingerprint density at radius 3 is 2.78 bits per heavy atom. The van der Waals surface area contributed by atoms with E-state index in [1.807, 2.05) is 37.4 Å². The van der Waals surface area contributed by atoms with E-state index in [9.17, 15) is 9.59 Å². The number of carbonyl (C=O) groups excluding carboxylic acids is 2. The molecule has 0 saturated carbocycles. The zero-order valence-electron chi connectivity index (χ0n) is 27.3. The first-order chi connectivity index (χ1) is 22.1.